The van der Waals surface area contributed by atoms with Crippen LogP contribution < -0.4 is 5.32 Å². The SMILES string of the molecule is CCCCCC(CC)CNC1=C(C)C=C(C)CC=C1C. The van der Waals surface area contributed by atoms with Gasteiger partial charge in [-0.15, -0.1) is 0 Å². The van der Waals surface area contributed by atoms with Gasteiger partial charge in [-0.3, -0.25) is 0 Å². The van der Waals surface area contributed by atoms with Crippen molar-refractivity contribution in [3.05, 3.63) is 34.6 Å². The summed E-state index contributed by atoms with van der Waals surface area (Å²) in [6.07, 6.45) is 12.5. The molecule has 0 aromatic heterocycles. The van der Waals surface area contributed by atoms with Crippen LogP contribution in [-0.2, 0) is 0 Å². The fourth-order valence-electron chi connectivity index (χ4n) is 2.89. The predicted octanol–water partition coefficient (Wildman–Crippen LogP) is 5.75. The summed E-state index contributed by atoms with van der Waals surface area (Å²) < 4.78 is 0. The molecule has 1 atom stereocenters. The third-order valence-corrected chi connectivity index (χ3v) is 4.34. The quantitative estimate of drug-likeness (QED) is 0.556. The first-order valence-corrected chi connectivity index (χ1v) is 8.37. The second-order valence-corrected chi connectivity index (χ2v) is 6.29. The van der Waals surface area contributed by atoms with Gasteiger partial charge >= 0.3 is 0 Å². The molecule has 0 fully saturated rings. The first-order chi connectivity index (χ1) is 9.58. The number of unbranched alkanes of at least 4 members (excludes halogenated alkanes) is 2. The first-order valence-electron chi connectivity index (χ1n) is 8.37. The van der Waals surface area contributed by atoms with E-state index in [2.05, 4.69) is 52.1 Å². The van der Waals surface area contributed by atoms with E-state index >= 15 is 0 Å². The standard InChI is InChI=1S/C19H33N/c1-6-8-9-10-18(7-2)14-20-19-16(4)12-11-15(3)13-17(19)5/h12-13,18,20H,6-11,14H2,1-5H3. The van der Waals surface area contributed by atoms with Gasteiger partial charge in [-0.25, -0.2) is 0 Å². The van der Waals surface area contributed by atoms with Crippen LogP contribution in [0.25, 0.3) is 0 Å². The lowest BCUT2D eigenvalue weighted by Gasteiger charge is -2.19. The van der Waals surface area contributed by atoms with Crippen molar-refractivity contribution in [3.8, 4) is 0 Å². The third-order valence-electron chi connectivity index (χ3n) is 4.34. The summed E-state index contributed by atoms with van der Waals surface area (Å²) in [6, 6.07) is 0. The lowest BCUT2D eigenvalue weighted by atomic mass is 9.98. The lowest BCUT2D eigenvalue weighted by molar-refractivity contribution is 0.430. The van der Waals surface area contributed by atoms with Crippen molar-refractivity contribution in [2.45, 2.75) is 73.1 Å². The molecule has 0 aliphatic heterocycles. The number of allylic oxidation sites excluding steroid dienone is 5. The molecular weight excluding hydrogens is 242 g/mol. The minimum absolute atomic E-state index is 0.808. The zero-order valence-corrected chi connectivity index (χ0v) is 14.2. The van der Waals surface area contributed by atoms with Gasteiger partial charge in [0.05, 0.1) is 0 Å². The Morgan fingerprint density at radius 1 is 1.15 bits per heavy atom. The van der Waals surface area contributed by atoms with Crippen molar-refractivity contribution in [1.82, 2.24) is 5.32 Å². The van der Waals surface area contributed by atoms with Gasteiger partial charge < -0.3 is 5.32 Å². The molecule has 0 heterocycles. The summed E-state index contributed by atoms with van der Waals surface area (Å²) >= 11 is 0. The molecule has 0 saturated carbocycles. The fraction of sp³-hybridized carbons (Fsp3) is 0.684. The summed E-state index contributed by atoms with van der Waals surface area (Å²) in [5, 5.41) is 3.73. The van der Waals surface area contributed by atoms with E-state index < -0.39 is 0 Å². The van der Waals surface area contributed by atoms with E-state index in [4.69, 9.17) is 0 Å². The Morgan fingerprint density at radius 3 is 2.55 bits per heavy atom. The predicted molar refractivity (Wildman–Crippen MR) is 90.8 cm³/mol. The smallest absolute Gasteiger partial charge is 0.0396 e. The van der Waals surface area contributed by atoms with Crippen LogP contribution in [0.4, 0.5) is 0 Å². The highest BCUT2D eigenvalue weighted by molar-refractivity contribution is 5.41. The first kappa shape index (κ1) is 17.1. The molecule has 1 aliphatic carbocycles. The van der Waals surface area contributed by atoms with Gasteiger partial charge in [0.1, 0.15) is 0 Å². The van der Waals surface area contributed by atoms with Gasteiger partial charge in [0.25, 0.3) is 0 Å². The maximum absolute atomic E-state index is 3.73. The molecule has 0 amide bonds. The molecule has 0 spiro atoms. The van der Waals surface area contributed by atoms with E-state index in [0.29, 0.717) is 0 Å². The summed E-state index contributed by atoms with van der Waals surface area (Å²) in [5.41, 5.74) is 5.60. The molecule has 0 bridgehead atoms. The van der Waals surface area contributed by atoms with Crippen molar-refractivity contribution in [2.75, 3.05) is 6.54 Å². The number of hydrogen-bond acceptors (Lipinski definition) is 1. The van der Waals surface area contributed by atoms with Crippen molar-refractivity contribution < 1.29 is 0 Å². The average Bonchev–Trinajstić information content (AvgIpc) is 2.54. The van der Waals surface area contributed by atoms with Crippen LogP contribution in [0.1, 0.15) is 73.1 Å². The van der Waals surface area contributed by atoms with E-state index in [1.807, 2.05) is 0 Å². The Kier molecular flexibility index (Phi) is 7.72. The van der Waals surface area contributed by atoms with Crippen molar-refractivity contribution in [2.24, 2.45) is 5.92 Å². The van der Waals surface area contributed by atoms with Crippen LogP contribution in [-0.4, -0.2) is 6.54 Å². The molecular formula is C19H33N. The van der Waals surface area contributed by atoms with Crippen molar-refractivity contribution in [1.29, 1.82) is 0 Å². The van der Waals surface area contributed by atoms with Crippen molar-refractivity contribution in [3.63, 3.8) is 0 Å². The summed E-state index contributed by atoms with van der Waals surface area (Å²) in [7, 11) is 0. The topological polar surface area (TPSA) is 12.0 Å². The normalized spacial score (nSPS) is 17.4. The van der Waals surface area contributed by atoms with Crippen LogP contribution >= 0.6 is 0 Å². The second-order valence-electron chi connectivity index (χ2n) is 6.29. The maximum Gasteiger partial charge on any atom is 0.0396 e. The summed E-state index contributed by atoms with van der Waals surface area (Å²) in [6.45, 7) is 12.4. The molecule has 0 aromatic rings. The molecule has 0 saturated heterocycles. The molecule has 1 heteroatoms. The number of rotatable bonds is 8. The van der Waals surface area contributed by atoms with E-state index in [1.54, 1.807) is 0 Å². The highest BCUT2D eigenvalue weighted by Gasteiger charge is 2.11. The Bertz CT molecular complexity index is 385. The Balaban J connectivity index is 2.59. The summed E-state index contributed by atoms with van der Waals surface area (Å²) in [4.78, 5) is 0. The minimum Gasteiger partial charge on any atom is -0.384 e. The van der Waals surface area contributed by atoms with Crippen LogP contribution in [0.5, 0.6) is 0 Å². The average molecular weight is 275 g/mol. The van der Waals surface area contributed by atoms with Crippen LogP contribution in [0.15, 0.2) is 34.6 Å². The molecule has 20 heavy (non-hydrogen) atoms. The van der Waals surface area contributed by atoms with Gasteiger partial charge in [-0.05, 0) is 50.7 Å². The van der Waals surface area contributed by atoms with E-state index in [9.17, 15) is 0 Å². The van der Waals surface area contributed by atoms with Gasteiger partial charge in [0.2, 0.25) is 0 Å². The van der Waals surface area contributed by atoms with Gasteiger partial charge in [0.15, 0.2) is 0 Å². The van der Waals surface area contributed by atoms with Crippen LogP contribution in [0, 0.1) is 5.92 Å². The van der Waals surface area contributed by atoms with E-state index in [0.717, 1.165) is 18.9 Å². The minimum atomic E-state index is 0.808. The monoisotopic (exact) mass is 275 g/mol. The molecule has 1 unspecified atom stereocenters. The van der Waals surface area contributed by atoms with Gasteiger partial charge in [-0.2, -0.15) is 0 Å². The van der Waals surface area contributed by atoms with Gasteiger partial charge in [-0.1, -0.05) is 57.3 Å². The van der Waals surface area contributed by atoms with Crippen LogP contribution in [0.3, 0.4) is 0 Å². The zero-order chi connectivity index (χ0) is 15.0. The molecule has 0 aromatic carbocycles. The van der Waals surface area contributed by atoms with Gasteiger partial charge in [0, 0.05) is 12.2 Å². The Hall–Kier alpha value is -0.980. The Labute approximate surface area is 126 Å². The molecule has 0 radical (unpaired) electrons. The maximum atomic E-state index is 3.73. The second kappa shape index (κ2) is 9.05. The molecule has 1 N–H and O–H groups in total. The lowest BCUT2D eigenvalue weighted by Crippen LogP contribution is -2.23. The number of hydrogen-bond donors (Lipinski definition) is 1. The van der Waals surface area contributed by atoms with E-state index in [-0.39, 0.29) is 0 Å². The highest BCUT2D eigenvalue weighted by atomic mass is 14.9. The highest BCUT2D eigenvalue weighted by Crippen LogP contribution is 2.22. The molecule has 1 nitrogen and oxygen atoms in total. The summed E-state index contributed by atoms with van der Waals surface area (Å²) in [5.74, 6) is 0.808. The fourth-order valence-corrected chi connectivity index (χ4v) is 2.89. The Morgan fingerprint density at radius 2 is 1.90 bits per heavy atom. The zero-order valence-electron chi connectivity index (χ0n) is 14.2. The van der Waals surface area contributed by atoms with Crippen LogP contribution in [0.2, 0.25) is 0 Å². The molecule has 114 valence electrons. The molecule has 1 rings (SSSR count). The molecule has 1 aliphatic rings. The van der Waals surface area contributed by atoms with E-state index in [1.165, 1.54) is 54.5 Å². The largest absolute Gasteiger partial charge is 0.384 e. The van der Waals surface area contributed by atoms with Crippen molar-refractivity contribution >= 4 is 0 Å². The third kappa shape index (κ3) is 5.56. The number of nitrogens with one attached hydrogen (secondary N) is 1.